The molecule has 17 heavy (non-hydrogen) atoms. The van der Waals surface area contributed by atoms with Gasteiger partial charge in [-0.15, -0.1) is 0 Å². The lowest BCUT2D eigenvalue weighted by molar-refractivity contribution is 0.0859. The highest BCUT2D eigenvalue weighted by molar-refractivity contribution is 9.10. The van der Waals surface area contributed by atoms with Gasteiger partial charge in [-0.1, -0.05) is 6.92 Å². The molecule has 1 heterocycles. The van der Waals surface area contributed by atoms with Crippen LogP contribution in [0.3, 0.4) is 0 Å². The fourth-order valence-electron chi connectivity index (χ4n) is 1.50. The van der Waals surface area contributed by atoms with Crippen LogP contribution in [0.4, 0.5) is 0 Å². The number of aliphatic hydroxyl groups is 1. The molecule has 4 nitrogen and oxygen atoms in total. The molecule has 0 bridgehead atoms. The summed E-state index contributed by atoms with van der Waals surface area (Å²) in [5, 5.41) is 11.9. The molecule has 2 N–H and O–H groups in total. The number of aliphatic hydroxyl groups excluding tert-OH is 1. The van der Waals surface area contributed by atoms with Crippen LogP contribution in [-0.4, -0.2) is 27.7 Å². The average Bonchev–Trinajstić information content (AvgIpc) is 2.60. The van der Waals surface area contributed by atoms with Gasteiger partial charge in [0.1, 0.15) is 5.69 Å². The number of nitrogens with zero attached hydrogens (tertiary/aromatic N) is 1. The molecule has 0 aliphatic heterocycles. The van der Waals surface area contributed by atoms with Crippen LogP contribution in [0.25, 0.3) is 0 Å². The summed E-state index contributed by atoms with van der Waals surface area (Å²) in [5.74, 6) is -0.164. The first-order valence-electron chi connectivity index (χ1n) is 5.68. The highest BCUT2D eigenvalue weighted by atomic mass is 79.9. The van der Waals surface area contributed by atoms with Gasteiger partial charge in [0.25, 0.3) is 5.91 Å². The van der Waals surface area contributed by atoms with E-state index in [1.807, 2.05) is 10.8 Å². The van der Waals surface area contributed by atoms with Crippen LogP contribution in [0.2, 0.25) is 0 Å². The molecule has 0 fully saturated rings. The van der Waals surface area contributed by atoms with E-state index in [1.54, 1.807) is 19.9 Å². The molecule has 1 rings (SSSR count). The van der Waals surface area contributed by atoms with E-state index in [0.717, 1.165) is 17.4 Å². The number of halogens is 1. The highest BCUT2D eigenvalue weighted by Crippen LogP contribution is 2.16. The standard InChI is InChI=1S/C12H19BrN2O2/c1-4-5-15-7-9(13)6-10(15)11(17)14-12(2,3)8-16/h6-7,16H,4-5,8H2,1-3H3,(H,14,17). The normalized spacial score (nSPS) is 11.6. The van der Waals surface area contributed by atoms with E-state index in [9.17, 15) is 4.79 Å². The molecule has 0 radical (unpaired) electrons. The fourth-order valence-corrected chi connectivity index (χ4v) is 1.97. The van der Waals surface area contributed by atoms with Gasteiger partial charge in [0.2, 0.25) is 0 Å². The van der Waals surface area contributed by atoms with Crippen molar-refractivity contribution in [2.45, 2.75) is 39.3 Å². The van der Waals surface area contributed by atoms with E-state index in [4.69, 9.17) is 5.11 Å². The highest BCUT2D eigenvalue weighted by Gasteiger charge is 2.22. The predicted octanol–water partition coefficient (Wildman–Crippen LogP) is 2.16. The monoisotopic (exact) mass is 302 g/mol. The minimum atomic E-state index is -0.606. The third-order valence-corrected chi connectivity index (χ3v) is 2.84. The second-order valence-corrected chi connectivity index (χ2v) is 5.65. The van der Waals surface area contributed by atoms with Crippen LogP contribution in [0.5, 0.6) is 0 Å². The molecule has 1 aromatic heterocycles. The van der Waals surface area contributed by atoms with Crippen molar-refractivity contribution in [3.63, 3.8) is 0 Å². The van der Waals surface area contributed by atoms with Crippen molar-refractivity contribution in [3.05, 3.63) is 22.4 Å². The van der Waals surface area contributed by atoms with Crippen molar-refractivity contribution in [2.24, 2.45) is 0 Å². The summed E-state index contributed by atoms with van der Waals surface area (Å²) >= 11 is 3.37. The summed E-state index contributed by atoms with van der Waals surface area (Å²) in [4.78, 5) is 12.1. The van der Waals surface area contributed by atoms with Gasteiger partial charge in [0.15, 0.2) is 0 Å². The second-order valence-electron chi connectivity index (χ2n) is 4.73. The number of aromatic nitrogens is 1. The Morgan fingerprint density at radius 3 is 2.76 bits per heavy atom. The molecule has 1 amide bonds. The smallest absolute Gasteiger partial charge is 0.268 e. The molecular formula is C12H19BrN2O2. The Labute approximate surface area is 110 Å². The zero-order chi connectivity index (χ0) is 13.1. The molecule has 0 unspecified atom stereocenters. The first-order valence-corrected chi connectivity index (χ1v) is 6.48. The van der Waals surface area contributed by atoms with Gasteiger partial charge in [0.05, 0.1) is 12.1 Å². The van der Waals surface area contributed by atoms with Crippen LogP contribution in [0.1, 0.15) is 37.7 Å². The molecule has 0 saturated heterocycles. The number of amides is 1. The Morgan fingerprint density at radius 1 is 1.59 bits per heavy atom. The number of aryl methyl sites for hydroxylation is 1. The average molecular weight is 303 g/mol. The van der Waals surface area contributed by atoms with Crippen molar-refractivity contribution in [1.29, 1.82) is 0 Å². The number of carbonyl (C=O) groups excluding carboxylic acids is 1. The van der Waals surface area contributed by atoms with Gasteiger partial charge in [0, 0.05) is 17.2 Å². The summed E-state index contributed by atoms with van der Waals surface area (Å²) in [5.41, 5.74) is 0.00507. The minimum absolute atomic E-state index is 0.0889. The van der Waals surface area contributed by atoms with Gasteiger partial charge in [-0.25, -0.2) is 0 Å². The summed E-state index contributed by atoms with van der Waals surface area (Å²) in [6.45, 7) is 6.34. The van der Waals surface area contributed by atoms with E-state index < -0.39 is 5.54 Å². The number of hydrogen-bond acceptors (Lipinski definition) is 2. The van der Waals surface area contributed by atoms with Gasteiger partial charge in [-0.2, -0.15) is 0 Å². The predicted molar refractivity (Wildman–Crippen MR) is 71.1 cm³/mol. The molecule has 0 saturated carbocycles. The third-order valence-electron chi connectivity index (χ3n) is 2.41. The minimum Gasteiger partial charge on any atom is -0.394 e. The van der Waals surface area contributed by atoms with Crippen molar-refractivity contribution in [3.8, 4) is 0 Å². The molecule has 1 aromatic rings. The Kier molecular flexibility index (Phi) is 4.77. The Balaban J connectivity index is 2.88. The van der Waals surface area contributed by atoms with E-state index in [-0.39, 0.29) is 12.5 Å². The number of carbonyl (C=O) groups is 1. The van der Waals surface area contributed by atoms with E-state index >= 15 is 0 Å². The van der Waals surface area contributed by atoms with Crippen molar-refractivity contribution < 1.29 is 9.90 Å². The Morgan fingerprint density at radius 2 is 2.24 bits per heavy atom. The Bertz CT molecular complexity index is 399. The quantitative estimate of drug-likeness (QED) is 0.876. The number of nitrogens with one attached hydrogen (secondary N) is 1. The van der Waals surface area contributed by atoms with Crippen molar-refractivity contribution >= 4 is 21.8 Å². The third kappa shape index (κ3) is 3.85. The summed E-state index contributed by atoms with van der Waals surface area (Å²) in [7, 11) is 0. The Hall–Kier alpha value is -0.810. The van der Waals surface area contributed by atoms with Crippen LogP contribution in [0, 0.1) is 0 Å². The molecule has 96 valence electrons. The van der Waals surface area contributed by atoms with Gasteiger partial charge in [-0.05, 0) is 42.3 Å². The lowest BCUT2D eigenvalue weighted by Gasteiger charge is -2.23. The number of hydrogen-bond donors (Lipinski definition) is 2. The summed E-state index contributed by atoms with van der Waals surface area (Å²) in [6.07, 6.45) is 2.86. The van der Waals surface area contributed by atoms with Gasteiger partial charge < -0.3 is 15.0 Å². The summed E-state index contributed by atoms with van der Waals surface area (Å²) < 4.78 is 2.80. The van der Waals surface area contributed by atoms with Crippen molar-refractivity contribution in [2.75, 3.05) is 6.61 Å². The van der Waals surface area contributed by atoms with E-state index in [0.29, 0.717) is 5.69 Å². The van der Waals surface area contributed by atoms with E-state index in [2.05, 4.69) is 28.2 Å². The van der Waals surface area contributed by atoms with Crippen molar-refractivity contribution in [1.82, 2.24) is 9.88 Å². The zero-order valence-corrected chi connectivity index (χ0v) is 12.0. The molecule has 5 heteroatoms. The molecule has 0 spiro atoms. The molecule has 0 aromatic carbocycles. The second kappa shape index (κ2) is 5.69. The maximum absolute atomic E-state index is 12.1. The lowest BCUT2D eigenvalue weighted by Crippen LogP contribution is -2.46. The van der Waals surface area contributed by atoms with E-state index in [1.165, 1.54) is 0 Å². The molecule has 0 atom stereocenters. The topological polar surface area (TPSA) is 54.3 Å². The molecule has 0 aliphatic carbocycles. The largest absolute Gasteiger partial charge is 0.394 e. The first-order chi connectivity index (χ1) is 7.89. The van der Waals surface area contributed by atoms with Crippen LogP contribution in [-0.2, 0) is 6.54 Å². The summed E-state index contributed by atoms with van der Waals surface area (Å²) in [6, 6.07) is 1.79. The maximum Gasteiger partial charge on any atom is 0.268 e. The lowest BCUT2D eigenvalue weighted by atomic mass is 10.1. The number of rotatable bonds is 5. The SMILES string of the molecule is CCCn1cc(Br)cc1C(=O)NC(C)(C)CO. The molecule has 0 aliphatic rings. The van der Waals surface area contributed by atoms with Crippen LogP contribution >= 0.6 is 15.9 Å². The zero-order valence-electron chi connectivity index (χ0n) is 10.5. The van der Waals surface area contributed by atoms with Crippen LogP contribution in [0.15, 0.2) is 16.7 Å². The van der Waals surface area contributed by atoms with Gasteiger partial charge >= 0.3 is 0 Å². The van der Waals surface area contributed by atoms with Crippen LogP contribution < -0.4 is 5.32 Å². The fraction of sp³-hybridized carbons (Fsp3) is 0.583. The first kappa shape index (κ1) is 14.3. The van der Waals surface area contributed by atoms with Gasteiger partial charge in [-0.3, -0.25) is 4.79 Å². The molecular weight excluding hydrogens is 284 g/mol. The maximum atomic E-state index is 12.1.